The van der Waals surface area contributed by atoms with Crippen LogP contribution in [0.15, 0.2) is 297 Å². The van der Waals surface area contributed by atoms with Crippen molar-refractivity contribution in [2.75, 3.05) is 9.80 Å². The molecule has 0 radical (unpaired) electrons. The van der Waals surface area contributed by atoms with Gasteiger partial charge < -0.3 is 14.4 Å². The van der Waals surface area contributed by atoms with Gasteiger partial charge in [-0.1, -0.05) is 211 Å². The second kappa shape index (κ2) is 21.6. The minimum atomic E-state index is -0.0475. The first-order valence-electron chi connectivity index (χ1n) is 30.6. The second-order valence-corrected chi connectivity index (χ2v) is 23.3. The molecule has 0 saturated heterocycles. The highest BCUT2D eigenvalue weighted by Gasteiger charge is 2.44. The zero-order chi connectivity index (χ0) is 59.8. The normalized spacial score (nSPS) is 12.3. The van der Waals surface area contributed by atoms with Crippen LogP contribution in [-0.2, 0) is 0 Å². The maximum Gasteiger partial charge on any atom is 0.252 e. The smallest absolute Gasteiger partial charge is 0.252 e. The van der Waals surface area contributed by atoms with Gasteiger partial charge in [0, 0.05) is 78.2 Å². The van der Waals surface area contributed by atoms with Crippen molar-refractivity contribution in [2.24, 2.45) is 0 Å². The van der Waals surface area contributed by atoms with E-state index in [2.05, 4.69) is 295 Å². The van der Waals surface area contributed by atoms with Crippen molar-refractivity contribution in [3.05, 3.63) is 308 Å². The standard InChI is InChI=1S/C81H55BN8/c1-52-39-43-70-63(47-52)64-48-53(2)40-44-71(64)90(70)72-45-41-59(79-83-68(54-23-8-3-9-24-54)51-69(84-79)55-25-10-4-11-26-55)50-65(72)81-86-78(56-27-12-5-13-28-56)85-80(87-81)58-30-22-29-57(49-58)62-42-46-75-76-77(62)89(61-33-16-7-17-34-61)74-38-21-19-36-67(74)82(76)66-35-18-20-37-73(66)88(75)60-31-14-6-15-32-60/h3-51H,1-2H3. The van der Waals surface area contributed by atoms with Crippen molar-refractivity contribution in [3.63, 3.8) is 0 Å². The second-order valence-electron chi connectivity index (χ2n) is 23.3. The SMILES string of the molecule is Cc1ccc2c(c1)c1cc(C)ccc1n2-c1ccc(-c2nc(-c3ccccc3)cc(-c3ccccc3)n2)cc1-c1nc(-c2ccccc2)nc(-c2cccc(-c3ccc4c5c3N(c3ccccc3)c3ccccc3B5c3ccccc3N4c3ccccc3)c2)n1. The molecule has 0 spiro atoms. The first kappa shape index (κ1) is 52.5. The van der Waals surface area contributed by atoms with E-state index in [9.17, 15) is 0 Å². The first-order valence-corrected chi connectivity index (χ1v) is 30.6. The number of para-hydroxylation sites is 4. The monoisotopic (exact) mass is 1150 g/mol. The molecule has 0 unspecified atom stereocenters. The Morgan fingerprint density at radius 2 is 0.744 bits per heavy atom. The lowest BCUT2D eigenvalue weighted by Gasteiger charge is -2.45. The number of rotatable bonds is 10. The molecule has 0 N–H and O–H groups in total. The van der Waals surface area contributed by atoms with Crippen molar-refractivity contribution in [1.82, 2.24) is 29.5 Å². The molecule has 0 amide bonds. The van der Waals surface area contributed by atoms with Crippen molar-refractivity contribution in [3.8, 4) is 84.9 Å². The predicted molar refractivity (Wildman–Crippen MR) is 371 cm³/mol. The lowest BCUT2D eigenvalue weighted by Crippen LogP contribution is -2.61. The van der Waals surface area contributed by atoms with Gasteiger partial charge in [-0.15, -0.1) is 0 Å². The summed E-state index contributed by atoms with van der Waals surface area (Å²) >= 11 is 0. The Kier molecular flexibility index (Phi) is 12.6. The molecule has 90 heavy (non-hydrogen) atoms. The lowest BCUT2D eigenvalue weighted by atomic mass is 9.33. The van der Waals surface area contributed by atoms with Crippen LogP contribution < -0.4 is 26.2 Å². The van der Waals surface area contributed by atoms with Gasteiger partial charge in [0.1, 0.15) is 0 Å². The maximum absolute atomic E-state index is 5.66. The van der Waals surface area contributed by atoms with Crippen LogP contribution in [0.5, 0.6) is 0 Å². The number of hydrogen-bond donors (Lipinski definition) is 0. The number of aromatic nitrogens is 6. The van der Waals surface area contributed by atoms with E-state index in [1.807, 2.05) is 30.3 Å². The number of anilines is 6. The van der Waals surface area contributed by atoms with Gasteiger partial charge in [-0.25, -0.2) is 24.9 Å². The van der Waals surface area contributed by atoms with Crippen molar-refractivity contribution in [1.29, 1.82) is 0 Å². The summed E-state index contributed by atoms with van der Waals surface area (Å²) in [4.78, 5) is 32.3. The van der Waals surface area contributed by atoms with Gasteiger partial charge in [-0.3, -0.25) is 0 Å². The van der Waals surface area contributed by atoms with E-state index in [4.69, 9.17) is 24.9 Å². The van der Waals surface area contributed by atoms with Gasteiger partial charge >= 0.3 is 0 Å². The molecule has 8 nitrogen and oxygen atoms in total. The summed E-state index contributed by atoms with van der Waals surface area (Å²) < 4.78 is 2.37. The van der Waals surface area contributed by atoms with Gasteiger partial charge in [0.05, 0.1) is 33.8 Å². The Balaban J connectivity index is 0.904. The van der Waals surface area contributed by atoms with Gasteiger partial charge in [0.25, 0.3) is 6.71 Å². The van der Waals surface area contributed by atoms with E-state index in [1.165, 1.54) is 44.0 Å². The molecule has 17 rings (SSSR count). The highest BCUT2D eigenvalue weighted by Crippen LogP contribution is 2.48. The number of aryl methyl sites for hydroxylation is 2. The van der Waals surface area contributed by atoms with Crippen LogP contribution in [0.25, 0.3) is 107 Å². The summed E-state index contributed by atoms with van der Waals surface area (Å²) in [5.41, 5.74) is 25.1. The molecule has 0 fully saturated rings. The molecular weight excluding hydrogens is 1100 g/mol. The largest absolute Gasteiger partial charge is 0.311 e. The fraction of sp³-hybridized carbons (Fsp3) is 0.0247. The molecule has 5 heterocycles. The molecule has 3 aromatic heterocycles. The van der Waals surface area contributed by atoms with E-state index in [0.717, 1.165) is 101 Å². The third-order valence-electron chi connectivity index (χ3n) is 17.7. The summed E-state index contributed by atoms with van der Waals surface area (Å²) in [6, 6.07) is 106. The highest BCUT2D eigenvalue weighted by molar-refractivity contribution is 7.00. The van der Waals surface area contributed by atoms with Crippen LogP contribution >= 0.6 is 0 Å². The van der Waals surface area contributed by atoms with Gasteiger partial charge in [-0.2, -0.15) is 0 Å². The van der Waals surface area contributed by atoms with Gasteiger partial charge in [0.15, 0.2) is 23.3 Å². The average Bonchev–Trinajstić information content (AvgIpc) is 0.809. The molecule has 9 heteroatoms. The fourth-order valence-corrected chi connectivity index (χ4v) is 13.7. The zero-order valence-corrected chi connectivity index (χ0v) is 49.4. The van der Waals surface area contributed by atoms with E-state index in [0.29, 0.717) is 23.3 Å². The molecule has 12 aromatic carbocycles. The fourth-order valence-electron chi connectivity index (χ4n) is 13.7. The number of hydrogen-bond acceptors (Lipinski definition) is 7. The quantitative estimate of drug-likeness (QED) is 0.126. The molecule has 2 aliphatic rings. The van der Waals surface area contributed by atoms with Crippen LogP contribution in [0.2, 0.25) is 0 Å². The average molecular weight is 1150 g/mol. The molecule has 422 valence electrons. The topological polar surface area (TPSA) is 75.9 Å². The summed E-state index contributed by atoms with van der Waals surface area (Å²) in [6.07, 6.45) is 0. The Morgan fingerprint density at radius 3 is 1.34 bits per heavy atom. The molecule has 15 aromatic rings. The minimum absolute atomic E-state index is 0.0475. The van der Waals surface area contributed by atoms with E-state index in [1.54, 1.807) is 0 Å². The maximum atomic E-state index is 5.66. The van der Waals surface area contributed by atoms with Crippen LogP contribution in [0.1, 0.15) is 11.1 Å². The Morgan fingerprint density at radius 1 is 0.289 bits per heavy atom. The number of fused-ring (bicyclic) bond motifs is 7. The molecule has 0 saturated carbocycles. The summed E-state index contributed by atoms with van der Waals surface area (Å²) in [5.74, 6) is 2.19. The third-order valence-corrected chi connectivity index (χ3v) is 17.7. The third kappa shape index (κ3) is 8.89. The molecule has 0 atom stereocenters. The highest BCUT2D eigenvalue weighted by atomic mass is 15.2. The van der Waals surface area contributed by atoms with Crippen LogP contribution in [-0.4, -0.2) is 36.2 Å². The summed E-state index contributed by atoms with van der Waals surface area (Å²) in [7, 11) is 0. The van der Waals surface area contributed by atoms with E-state index >= 15 is 0 Å². The summed E-state index contributed by atoms with van der Waals surface area (Å²) in [5, 5.41) is 2.35. The van der Waals surface area contributed by atoms with Crippen molar-refractivity contribution < 1.29 is 0 Å². The molecule has 0 bridgehead atoms. The predicted octanol–water partition coefficient (Wildman–Crippen LogP) is 18.1. The Hall–Kier alpha value is -11.8. The van der Waals surface area contributed by atoms with Gasteiger partial charge in [0.2, 0.25) is 0 Å². The van der Waals surface area contributed by atoms with Crippen LogP contribution in [0, 0.1) is 13.8 Å². The van der Waals surface area contributed by atoms with E-state index < -0.39 is 0 Å². The number of benzene rings is 12. The lowest BCUT2D eigenvalue weighted by molar-refractivity contribution is 1.06. The Bertz CT molecular complexity index is 5160. The van der Waals surface area contributed by atoms with Crippen LogP contribution in [0.3, 0.4) is 0 Å². The van der Waals surface area contributed by atoms with Crippen molar-refractivity contribution in [2.45, 2.75) is 13.8 Å². The zero-order valence-electron chi connectivity index (χ0n) is 49.4. The van der Waals surface area contributed by atoms with Crippen LogP contribution in [0.4, 0.5) is 34.1 Å². The first-order chi connectivity index (χ1) is 44.5. The van der Waals surface area contributed by atoms with E-state index in [-0.39, 0.29) is 6.71 Å². The molecule has 2 aliphatic heterocycles. The van der Waals surface area contributed by atoms with Crippen molar-refractivity contribution >= 4 is 79.0 Å². The number of nitrogens with zero attached hydrogens (tertiary/aromatic N) is 8. The van der Waals surface area contributed by atoms with Gasteiger partial charge in [-0.05, 0) is 133 Å². The molecular formula is C81H55BN8. The minimum Gasteiger partial charge on any atom is -0.311 e. The Labute approximate surface area is 522 Å². The molecule has 0 aliphatic carbocycles. The summed E-state index contributed by atoms with van der Waals surface area (Å²) in [6.45, 7) is 4.27.